The first-order chi connectivity index (χ1) is 40.5. The van der Waals surface area contributed by atoms with Crippen molar-refractivity contribution in [1.82, 2.24) is 0 Å². The molecule has 0 aliphatic carbocycles. The SMILES string of the molecule is CC/C=C\C/C=C\C/C=C\C/C=C\C/C=C\C/C=C\C/C=C\C/C=C\C/C=C\CCCCCCCC(=O)OCC(COC(=O)CCCCCCCC)OC(=O)CCCCCCCC/C=C\C/C=C\C/C=C\C/C=C\C/C=C\C/C=C\CC. The van der Waals surface area contributed by atoms with Crippen LogP contribution in [0.25, 0.3) is 0 Å². The molecule has 0 spiro atoms. The van der Waals surface area contributed by atoms with Crippen molar-refractivity contribution in [3.05, 3.63) is 182 Å². The Balaban J connectivity index is 4.22. The molecule has 0 saturated carbocycles. The molecule has 0 radical (unpaired) electrons. The van der Waals surface area contributed by atoms with E-state index in [1.54, 1.807) is 0 Å². The van der Waals surface area contributed by atoms with Crippen molar-refractivity contribution < 1.29 is 28.6 Å². The van der Waals surface area contributed by atoms with Gasteiger partial charge in [0, 0.05) is 19.3 Å². The fourth-order valence-corrected chi connectivity index (χ4v) is 8.32. The molecule has 0 rings (SSSR count). The van der Waals surface area contributed by atoms with Gasteiger partial charge < -0.3 is 14.2 Å². The van der Waals surface area contributed by atoms with E-state index in [2.05, 4.69) is 203 Å². The van der Waals surface area contributed by atoms with Crippen molar-refractivity contribution in [3.8, 4) is 0 Å². The van der Waals surface area contributed by atoms with E-state index < -0.39 is 6.10 Å². The van der Waals surface area contributed by atoms with Gasteiger partial charge in [0.25, 0.3) is 0 Å². The second-order valence-corrected chi connectivity index (χ2v) is 20.9. The van der Waals surface area contributed by atoms with Crippen LogP contribution in [0.5, 0.6) is 0 Å². The molecule has 0 amide bonds. The highest BCUT2D eigenvalue weighted by molar-refractivity contribution is 5.71. The van der Waals surface area contributed by atoms with Crippen LogP contribution in [0, 0.1) is 0 Å². The predicted octanol–water partition coefficient (Wildman–Crippen LogP) is 22.8. The molecule has 458 valence electrons. The summed E-state index contributed by atoms with van der Waals surface area (Å²) in [6.45, 7) is 6.31. The third-order valence-electron chi connectivity index (χ3n) is 13.2. The van der Waals surface area contributed by atoms with E-state index in [0.717, 1.165) is 186 Å². The summed E-state index contributed by atoms with van der Waals surface area (Å²) in [5.41, 5.74) is 0. The molecule has 0 aliphatic rings. The minimum atomic E-state index is -0.802. The standard InChI is InChI=1S/C76H118O6/c1-4-7-10-13-16-18-20-22-24-26-28-30-32-34-35-36-37-38-39-40-41-43-44-46-48-50-52-54-56-58-60-63-66-69-75(78)81-72-73(71-80-74(77)68-65-62-15-12-9-6-3)82-76(79)70-67-64-61-59-57-55-53-51-49-47-45-42-33-31-29-27-25-23-21-19-17-14-11-8-5-2/h7-8,10-11,16-19,22-25,28-31,34-35,37-38,40-42,44-46,49-52,73H,4-6,9,12-15,20-21,26-27,32-33,36,39,43,47-48,53-72H2,1-3H3/b10-7-,11-8-,18-16-,19-17-,24-22-,25-23-,30-28-,31-29-,35-34-,38-37-,41-40-,45-42-,46-44-,51-49-,52-50-. The van der Waals surface area contributed by atoms with Gasteiger partial charge >= 0.3 is 17.9 Å². The van der Waals surface area contributed by atoms with Crippen LogP contribution in [-0.2, 0) is 28.6 Å². The van der Waals surface area contributed by atoms with E-state index >= 15 is 0 Å². The number of unbranched alkanes of at least 4 members (excludes halogenated alkanes) is 16. The first kappa shape index (κ1) is 76.5. The Kier molecular flexibility index (Phi) is 63.5. The maximum absolute atomic E-state index is 12.9. The van der Waals surface area contributed by atoms with E-state index in [-0.39, 0.29) is 31.1 Å². The number of carbonyl (C=O) groups excluding carboxylic acids is 3. The Bertz CT molecular complexity index is 1920. The number of rotatable bonds is 57. The average Bonchev–Trinajstić information content (AvgIpc) is 3.47. The molecular weight excluding hydrogens is 1010 g/mol. The summed E-state index contributed by atoms with van der Waals surface area (Å²) in [7, 11) is 0. The van der Waals surface area contributed by atoms with Gasteiger partial charge in [0.05, 0.1) is 0 Å². The van der Waals surface area contributed by atoms with Gasteiger partial charge in [-0.25, -0.2) is 0 Å². The molecule has 0 aromatic carbocycles. The second kappa shape index (κ2) is 68.0. The predicted molar refractivity (Wildman–Crippen MR) is 357 cm³/mol. The van der Waals surface area contributed by atoms with Crippen molar-refractivity contribution in [3.63, 3.8) is 0 Å². The van der Waals surface area contributed by atoms with Crippen molar-refractivity contribution in [2.45, 2.75) is 264 Å². The van der Waals surface area contributed by atoms with Gasteiger partial charge in [0.1, 0.15) is 13.2 Å². The van der Waals surface area contributed by atoms with E-state index in [1.165, 1.54) is 32.1 Å². The van der Waals surface area contributed by atoms with Crippen LogP contribution < -0.4 is 0 Å². The quantitative estimate of drug-likeness (QED) is 0.0261. The molecule has 6 heteroatoms. The first-order valence-corrected chi connectivity index (χ1v) is 32.8. The summed E-state index contributed by atoms with van der Waals surface area (Å²) in [6, 6.07) is 0. The normalized spacial score (nSPS) is 13.4. The van der Waals surface area contributed by atoms with E-state index in [9.17, 15) is 14.4 Å². The molecule has 0 fully saturated rings. The summed E-state index contributed by atoms with van der Waals surface area (Å²) in [5, 5.41) is 0. The maximum atomic E-state index is 12.9. The van der Waals surface area contributed by atoms with Gasteiger partial charge in [-0.3, -0.25) is 14.4 Å². The smallest absolute Gasteiger partial charge is 0.306 e. The van der Waals surface area contributed by atoms with E-state index in [4.69, 9.17) is 14.2 Å². The zero-order valence-electron chi connectivity index (χ0n) is 52.4. The topological polar surface area (TPSA) is 78.9 Å². The summed E-state index contributed by atoms with van der Waals surface area (Å²) in [5.74, 6) is -0.950. The van der Waals surface area contributed by atoms with Gasteiger partial charge in [-0.2, -0.15) is 0 Å². The lowest BCUT2D eigenvalue weighted by molar-refractivity contribution is -0.167. The lowest BCUT2D eigenvalue weighted by Gasteiger charge is -2.18. The molecule has 0 heterocycles. The zero-order chi connectivity index (χ0) is 59.2. The largest absolute Gasteiger partial charge is 0.462 e. The summed E-state index contributed by atoms with van der Waals surface area (Å²) in [4.78, 5) is 38.0. The molecule has 0 aliphatic heterocycles. The highest BCUT2D eigenvalue weighted by Crippen LogP contribution is 2.14. The molecule has 0 aromatic rings. The lowest BCUT2D eigenvalue weighted by atomic mass is 10.1. The summed E-state index contributed by atoms with van der Waals surface area (Å²) >= 11 is 0. The second-order valence-electron chi connectivity index (χ2n) is 20.9. The van der Waals surface area contributed by atoms with Crippen molar-refractivity contribution >= 4 is 17.9 Å². The van der Waals surface area contributed by atoms with Gasteiger partial charge in [-0.15, -0.1) is 0 Å². The number of allylic oxidation sites excluding steroid dienone is 30. The minimum absolute atomic E-state index is 0.0984. The summed E-state index contributed by atoms with van der Waals surface area (Å²) in [6.07, 6.45) is 102. The summed E-state index contributed by atoms with van der Waals surface area (Å²) < 4.78 is 16.8. The van der Waals surface area contributed by atoms with Crippen LogP contribution in [0.1, 0.15) is 258 Å². The number of hydrogen-bond acceptors (Lipinski definition) is 6. The Labute approximate surface area is 504 Å². The number of ether oxygens (including phenoxy) is 3. The number of hydrogen-bond donors (Lipinski definition) is 0. The monoisotopic (exact) mass is 1130 g/mol. The van der Waals surface area contributed by atoms with Crippen molar-refractivity contribution in [2.75, 3.05) is 13.2 Å². The lowest BCUT2D eigenvalue weighted by Crippen LogP contribution is -2.30. The highest BCUT2D eigenvalue weighted by atomic mass is 16.6. The number of esters is 3. The Hall–Kier alpha value is -5.49. The van der Waals surface area contributed by atoms with Crippen molar-refractivity contribution in [2.24, 2.45) is 0 Å². The van der Waals surface area contributed by atoms with E-state index in [0.29, 0.717) is 19.3 Å². The highest BCUT2D eigenvalue weighted by Gasteiger charge is 2.19. The molecule has 6 nitrogen and oxygen atoms in total. The molecule has 0 bridgehead atoms. The average molecular weight is 1130 g/mol. The molecule has 82 heavy (non-hydrogen) atoms. The Morgan fingerprint density at radius 1 is 0.256 bits per heavy atom. The molecule has 0 saturated heterocycles. The fraction of sp³-hybridized carbons (Fsp3) is 0.566. The minimum Gasteiger partial charge on any atom is -0.462 e. The molecule has 1 unspecified atom stereocenters. The van der Waals surface area contributed by atoms with Crippen LogP contribution in [0.15, 0.2) is 182 Å². The molecule has 0 N–H and O–H groups in total. The van der Waals surface area contributed by atoms with Crippen LogP contribution >= 0.6 is 0 Å². The van der Waals surface area contributed by atoms with Gasteiger partial charge in [-0.05, 0) is 141 Å². The van der Waals surface area contributed by atoms with Crippen LogP contribution in [-0.4, -0.2) is 37.2 Å². The molecule has 0 aromatic heterocycles. The van der Waals surface area contributed by atoms with Crippen LogP contribution in [0.4, 0.5) is 0 Å². The molecular formula is C76H118O6. The third kappa shape index (κ3) is 65.3. The third-order valence-corrected chi connectivity index (χ3v) is 13.2. The fourth-order valence-electron chi connectivity index (χ4n) is 8.32. The first-order valence-electron chi connectivity index (χ1n) is 32.8. The van der Waals surface area contributed by atoms with E-state index in [1.807, 2.05) is 0 Å². The zero-order valence-corrected chi connectivity index (χ0v) is 52.4. The van der Waals surface area contributed by atoms with Crippen molar-refractivity contribution in [1.29, 1.82) is 0 Å². The number of carbonyl (C=O) groups is 3. The van der Waals surface area contributed by atoms with Crippen LogP contribution in [0.2, 0.25) is 0 Å². The van der Waals surface area contributed by atoms with Gasteiger partial charge in [0.15, 0.2) is 6.10 Å². The Morgan fingerprint density at radius 3 is 0.744 bits per heavy atom. The van der Waals surface area contributed by atoms with Gasteiger partial charge in [0.2, 0.25) is 0 Å². The molecule has 1 atom stereocenters. The van der Waals surface area contributed by atoms with Crippen LogP contribution in [0.3, 0.4) is 0 Å². The Morgan fingerprint density at radius 2 is 0.476 bits per heavy atom. The maximum Gasteiger partial charge on any atom is 0.306 e. The van der Waals surface area contributed by atoms with Gasteiger partial charge in [-0.1, -0.05) is 280 Å².